The molecule has 90 valence electrons. The summed E-state index contributed by atoms with van der Waals surface area (Å²) < 4.78 is 5.21. The first-order valence-corrected chi connectivity index (χ1v) is 6.21. The highest BCUT2D eigenvalue weighted by molar-refractivity contribution is 4.77. The maximum Gasteiger partial charge on any atom is 0.0491 e. The highest BCUT2D eigenvalue weighted by Gasteiger charge is 2.21. The van der Waals surface area contributed by atoms with Crippen LogP contribution < -0.4 is 5.32 Å². The summed E-state index contributed by atoms with van der Waals surface area (Å²) in [5.41, 5.74) is 0. The smallest absolute Gasteiger partial charge is 0.0491 e. The van der Waals surface area contributed by atoms with E-state index in [1.807, 2.05) is 0 Å². The molecule has 1 saturated heterocycles. The molecule has 0 amide bonds. The van der Waals surface area contributed by atoms with Gasteiger partial charge in [0, 0.05) is 26.3 Å². The molecule has 0 bridgehead atoms. The van der Waals surface area contributed by atoms with Gasteiger partial charge in [-0.15, -0.1) is 0 Å². The van der Waals surface area contributed by atoms with Crippen molar-refractivity contribution in [2.45, 2.75) is 32.7 Å². The van der Waals surface area contributed by atoms with Crippen molar-refractivity contribution >= 4 is 0 Å². The Labute approximate surface area is 94.2 Å². The molecule has 1 rings (SSSR count). The number of piperidine rings is 1. The minimum absolute atomic E-state index is 0.674. The van der Waals surface area contributed by atoms with Crippen LogP contribution in [0.3, 0.4) is 0 Å². The summed E-state index contributed by atoms with van der Waals surface area (Å²) in [6.07, 6.45) is 2.59. The molecule has 1 heterocycles. The Bertz CT molecular complexity index is 156. The number of likely N-dealkylation sites (N-methyl/N-ethyl adjacent to an activating group) is 1. The maximum atomic E-state index is 5.21. The summed E-state index contributed by atoms with van der Waals surface area (Å²) in [5, 5.41) is 3.42. The molecule has 3 nitrogen and oxygen atoms in total. The van der Waals surface area contributed by atoms with E-state index in [1.165, 1.54) is 25.9 Å². The van der Waals surface area contributed by atoms with Gasteiger partial charge in [0.2, 0.25) is 0 Å². The Morgan fingerprint density at radius 2 is 2.07 bits per heavy atom. The summed E-state index contributed by atoms with van der Waals surface area (Å²) in [6.45, 7) is 10.1. The predicted octanol–water partition coefficient (Wildman–Crippen LogP) is 1.34. The van der Waals surface area contributed by atoms with E-state index in [9.17, 15) is 0 Å². The third-order valence-corrected chi connectivity index (χ3v) is 3.36. The summed E-state index contributed by atoms with van der Waals surface area (Å²) >= 11 is 0. The van der Waals surface area contributed by atoms with Gasteiger partial charge in [-0.1, -0.05) is 6.92 Å². The highest BCUT2D eigenvalue weighted by atomic mass is 16.5. The Kier molecular flexibility index (Phi) is 6.22. The van der Waals surface area contributed by atoms with Crippen LogP contribution in [0.1, 0.15) is 26.7 Å². The van der Waals surface area contributed by atoms with Crippen LogP contribution in [0.15, 0.2) is 0 Å². The zero-order valence-electron chi connectivity index (χ0n) is 10.5. The second kappa shape index (κ2) is 7.20. The zero-order chi connectivity index (χ0) is 11.1. The Hall–Kier alpha value is -0.120. The van der Waals surface area contributed by atoms with Gasteiger partial charge in [0.15, 0.2) is 0 Å². The van der Waals surface area contributed by atoms with E-state index in [2.05, 4.69) is 24.1 Å². The van der Waals surface area contributed by atoms with Crippen molar-refractivity contribution in [2.75, 3.05) is 39.9 Å². The zero-order valence-corrected chi connectivity index (χ0v) is 10.5. The summed E-state index contributed by atoms with van der Waals surface area (Å²) in [5.74, 6) is 0.789. The van der Waals surface area contributed by atoms with Crippen LogP contribution in [-0.4, -0.2) is 50.8 Å². The van der Waals surface area contributed by atoms with Gasteiger partial charge in [0.1, 0.15) is 0 Å². The molecule has 15 heavy (non-hydrogen) atoms. The van der Waals surface area contributed by atoms with Crippen molar-refractivity contribution in [3.63, 3.8) is 0 Å². The lowest BCUT2D eigenvalue weighted by Crippen LogP contribution is -2.45. The highest BCUT2D eigenvalue weighted by Crippen LogP contribution is 2.18. The fraction of sp³-hybridized carbons (Fsp3) is 1.00. The van der Waals surface area contributed by atoms with Crippen LogP contribution in [0.4, 0.5) is 0 Å². The van der Waals surface area contributed by atoms with Gasteiger partial charge in [-0.2, -0.15) is 0 Å². The van der Waals surface area contributed by atoms with Crippen LogP contribution in [0.25, 0.3) is 0 Å². The van der Waals surface area contributed by atoms with Crippen molar-refractivity contribution < 1.29 is 4.74 Å². The fourth-order valence-electron chi connectivity index (χ4n) is 2.28. The van der Waals surface area contributed by atoms with E-state index in [-0.39, 0.29) is 0 Å². The van der Waals surface area contributed by atoms with E-state index in [1.54, 1.807) is 7.11 Å². The van der Waals surface area contributed by atoms with Crippen molar-refractivity contribution in [3.8, 4) is 0 Å². The van der Waals surface area contributed by atoms with Crippen molar-refractivity contribution in [2.24, 2.45) is 5.92 Å². The number of rotatable bonds is 6. The SMILES string of the molecule is CCNCC(C)N1CCC(COC)CC1. The molecule has 1 N–H and O–H groups in total. The van der Waals surface area contributed by atoms with E-state index in [0.29, 0.717) is 6.04 Å². The number of methoxy groups -OCH3 is 1. The molecule has 0 saturated carbocycles. The molecule has 1 atom stereocenters. The first kappa shape index (κ1) is 12.9. The Morgan fingerprint density at radius 3 is 2.60 bits per heavy atom. The number of likely N-dealkylation sites (tertiary alicyclic amines) is 1. The minimum atomic E-state index is 0.674. The molecule has 3 heteroatoms. The third kappa shape index (κ3) is 4.49. The molecule has 0 aromatic carbocycles. The molecule has 0 aliphatic carbocycles. The van der Waals surface area contributed by atoms with Crippen LogP contribution >= 0.6 is 0 Å². The lowest BCUT2D eigenvalue weighted by Gasteiger charge is -2.35. The van der Waals surface area contributed by atoms with Gasteiger partial charge in [-0.05, 0) is 45.3 Å². The van der Waals surface area contributed by atoms with Gasteiger partial charge in [0.25, 0.3) is 0 Å². The third-order valence-electron chi connectivity index (χ3n) is 3.36. The number of nitrogens with one attached hydrogen (secondary N) is 1. The average Bonchev–Trinajstić information content (AvgIpc) is 2.27. The lowest BCUT2D eigenvalue weighted by atomic mass is 9.97. The molecule has 1 aliphatic rings. The fourth-order valence-corrected chi connectivity index (χ4v) is 2.28. The van der Waals surface area contributed by atoms with Crippen molar-refractivity contribution in [3.05, 3.63) is 0 Å². The number of ether oxygens (including phenoxy) is 1. The van der Waals surface area contributed by atoms with Crippen LogP contribution in [-0.2, 0) is 4.74 Å². The molecule has 0 aromatic rings. The lowest BCUT2D eigenvalue weighted by molar-refractivity contribution is 0.0833. The standard InChI is InChI=1S/C12H26N2O/c1-4-13-9-11(2)14-7-5-12(6-8-14)10-15-3/h11-13H,4-10H2,1-3H3. The Balaban J connectivity index is 2.18. The van der Waals surface area contributed by atoms with Gasteiger partial charge in [-0.3, -0.25) is 4.90 Å². The van der Waals surface area contributed by atoms with E-state index < -0.39 is 0 Å². The second-order valence-electron chi connectivity index (χ2n) is 4.59. The predicted molar refractivity (Wildman–Crippen MR) is 64.2 cm³/mol. The number of nitrogens with zero attached hydrogens (tertiary/aromatic N) is 1. The maximum absolute atomic E-state index is 5.21. The molecule has 1 aliphatic heterocycles. The van der Waals surface area contributed by atoms with E-state index in [4.69, 9.17) is 4.74 Å². The van der Waals surface area contributed by atoms with Gasteiger partial charge < -0.3 is 10.1 Å². The summed E-state index contributed by atoms with van der Waals surface area (Å²) in [6, 6.07) is 0.674. The van der Waals surface area contributed by atoms with E-state index in [0.717, 1.165) is 25.6 Å². The van der Waals surface area contributed by atoms with Gasteiger partial charge >= 0.3 is 0 Å². The molecule has 1 fully saturated rings. The number of hydrogen-bond donors (Lipinski definition) is 1. The average molecular weight is 214 g/mol. The topological polar surface area (TPSA) is 24.5 Å². The van der Waals surface area contributed by atoms with Gasteiger partial charge in [0.05, 0.1) is 0 Å². The van der Waals surface area contributed by atoms with Crippen molar-refractivity contribution in [1.82, 2.24) is 10.2 Å². The quantitative estimate of drug-likeness (QED) is 0.722. The summed E-state index contributed by atoms with van der Waals surface area (Å²) in [4.78, 5) is 2.59. The molecule has 0 radical (unpaired) electrons. The Morgan fingerprint density at radius 1 is 1.40 bits per heavy atom. The molecule has 1 unspecified atom stereocenters. The number of hydrogen-bond acceptors (Lipinski definition) is 3. The normalized spacial score (nSPS) is 21.8. The minimum Gasteiger partial charge on any atom is -0.384 e. The molecular formula is C12H26N2O. The van der Waals surface area contributed by atoms with Crippen LogP contribution in [0, 0.1) is 5.92 Å². The van der Waals surface area contributed by atoms with E-state index >= 15 is 0 Å². The van der Waals surface area contributed by atoms with Crippen LogP contribution in [0.2, 0.25) is 0 Å². The molecular weight excluding hydrogens is 188 g/mol. The van der Waals surface area contributed by atoms with Gasteiger partial charge in [-0.25, -0.2) is 0 Å². The second-order valence-corrected chi connectivity index (χ2v) is 4.59. The van der Waals surface area contributed by atoms with Crippen LogP contribution in [0.5, 0.6) is 0 Å². The first-order valence-electron chi connectivity index (χ1n) is 6.21. The molecule has 0 aromatic heterocycles. The first-order chi connectivity index (χ1) is 7.27. The molecule has 0 spiro atoms. The monoisotopic (exact) mass is 214 g/mol. The van der Waals surface area contributed by atoms with Crippen molar-refractivity contribution in [1.29, 1.82) is 0 Å². The largest absolute Gasteiger partial charge is 0.384 e. The summed E-state index contributed by atoms with van der Waals surface area (Å²) in [7, 11) is 1.81.